The van der Waals surface area contributed by atoms with Gasteiger partial charge < -0.3 is 0 Å². The SMILES string of the molecule is O=c1c(=Cc2cccc([N+](=O)[O-])c2)sc2nc(-c3ccccc3Br)nn12. The molecule has 0 spiro atoms. The normalized spacial score (nSPS) is 12.0. The highest BCUT2D eigenvalue weighted by Gasteiger charge is 2.14. The van der Waals surface area contributed by atoms with Crippen molar-refractivity contribution in [3.05, 3.63) is 83.6 Å². The Labute approximate surface area is 158 Å². The Kier molecular flexibility index (Phi) is 4.09. The van der Waals surface area contributed by atoms with Crippen molar-refractivity contribution in [3.63, 3.8) is 0 Å². The van der Waals surface area contributed by atoms with Crippen molar-refractivity contribution >= 4 is 44.0 Å². The zero-order valence-corrected chi connectivity index (χ0v) is 15.4. The molecule has 0 unspecified atom stereocenters. The molecule has 0 fully saturated rings. The molecule has 2 heterocycles. The van der Waals surface area contributed by atoms with Gasteiger partial charge in [0.1, 0.15) is 0 Å². The van der Waals surface area contributed by atoms with Crippen LogP contribution in [-0.2, 0) is 0 Å². The van der Waals surface area contributed by atoms with E-state index >= 15 is 0 Å². The van der Waals surface area contributed by atoms with Gasteiger partial charge in [0.15, 0.2) is 5.82 Å². The highest BCUT2D eigenvalue weighted by Crippen LogP contribution is 2.25. The van der Waals surface area contributed by atoms with Gasteiger partial charge >= 0.3 is 0 Å². The second-order valence-electron chi connectivity index (χ2n) is 5.38. The lowest BCUT2D eigenvalue weighted by atomic mass is 10.2. The molecule has 0 aliphatic rings. The second-order valence-corrected chi connectivity index (χ2v) is 7.24. The number of nitro groups is 1. The number of thiazole rings is 1. The Morgan fingerprint density at radius 1 is 1.19 bits per heavy atom. The van der Waals surface area contributed by atoms with Crippen molar-refractivity contribution in [1.29, 1.82) is 0 Å². The molecular weight excluding hydrogens is 420 g/mol. The smallest absolute Gasteiger partial charge is 0.266 e. The molecule has 4 aromatic rings. The largest absolute Gasteiger partial charge is 0.291 e. The Hall–Kier alpha value is -2.91. The molecule has 4 rings (SSSR count). The molecule has 0 aliphatic heterocycles. The summed E-state index contributed by atoms with van der Waals surface area (Å²) in [5.74, 6) is 0.461. The van der Waals surface area contributed by atoms with Crippen molar-refractivity contribution in [2.75, 3.05) is 0 Å². The molecule has 0 N–H and O–H groups in total. The van der Waals surface area contributed by atoms with Crippen LogP contribution in [0, 0.1) is 10.1 Å². The maximum atomic E-state index is 12.6. The van der Waals surface area contributed by atoms with Crippen molar-refractivity contribution in [2.24, 2.45) is 0 Å². The first-order valence-electron chi connectivity index (χ1n) is 7.43. The van der Waals surface area contributed by atoms with E-state index in [1.165, 1.54) is 28.0 Å². The number of aromatic nitrogens is 3. The molecular formula is C17H9BrN4O3S. The zero-order chi connectivity index (χ0) is 18.3. The lowest BCUT2D eigenvalue weighted by molar-refractivity contribution is -0.384. The van der Waals surface area contributed by atoms with Crippen LogP contribution < -0.4 is 10.1 Å². The monoisotopic (exact) mass is 428 g/mol. The Morgan fingerprint density at radius 3 is 2.73 bits per heavy atom. The molecule has 0 radical (unpaired) electrons. The molecule has 9 heteroatoms. The maximum Gasteiger partial charge on any atom is 0.291 e. The van der Waals surface area contributed by atoms with Crippen LogP contribution in [0.3, 0.4) is 0 Å². The summed E-state index contributed by atoms with van der Waals surface area (Å²) in [5, 5.41) is 15.2. The topological polar surface area (TPSA) is 90.4 Å². The fourth-order valence-electron chi connectivity index (χ4n) is 2.47. The number of benzene rings is 2. The van der Waals surface area contributed by atoms with Crippen LogP contribution >= 0.6 is 27.3 Å². The van der Waals surface area contributed by atoms with Gasteiger partial charge in [0, 0.05) is 22.2 Å². The van der Waals surface area contributed by atoms with E-state index in [2.05, 4.69) is 26.0 Å². The molecule has 0 aliphatic carbocycles. The molecule has 26 heavy (non-hydrogen) atoms. The van der Waals surface area contributed by atoms with E-state index in [9.17, 15) is 14.9 Å². The van der Waals surface area contributed by atoms with Gasteiger partial charge in [0.2, 0.25) is 4.96 Å². The first-order chi connectivity index (χ1) is 12.5. The third-order valence-corrected chi connectivity index (χ3v) is 5.33. The molecule has 0 saturated carbocycles. The summed E-state index contributed by atoms with van der Waals surface area (Å²) >= 11 is 4.64. The summed E-state index contributed by atoms with van der Waals surface area (Å²) in [5.41, 5.74) is 1.04. The van der Waals surface area contributed by atoms with Gasteiger partial charge in [-0.05, 0) is 23.8 Å². The molecule has 0 atom stereocenters. The van der Waals surface area contributed by atoms with Crippen LogP contribution in [0.2, 0.25) is 0 Å². The average molecular weight is 429 g/mol. The first kappa shape index (κ1) is 16.6. The van der Waals surface area contributed by atoms with Crippen LogP contribution in [0.25, 0.3) is 22.4 Å². The molecule has 2 aromatic heterocycles. The standard InChI is InChI=1S/C17H9BrN4O3S/c18-13-7-2-1-6-12(13)15-19-17-21(20-15)16(23)14(26-17)9-10-4-3-5-11(8-10)22(24)25/h1-9H. The van der Waals surface area contributed by atoms with Crippen LogP contribution in [0.4, 0.5) is 5.69 Å². The highest BCUT2D eigenvalue weighted by molar-refractivity contribution is 9.10. The number of non-ortho nitro benzene ring substituents is 1. The fourth-order valence-corrected chi connectivity index (χ4v) is 3.84. The van der Waals surface area contributed by atoms with Crippen molar-refractivity contribution in [1.82, 2.24) is 14.6 Å². The minimum Gasteiger partial charge on any atom is -0.266 e. The second kappa shape index (κ2) is 6.43. The quantitative estimate of drug-likeness (QED) is 0.369. The molecule has 0 amide bonds. The van der Waals surface area contributed by atoms with Crippen molar-refractivity contribution in [2.45, 2.75) is 0 Å². The van der Waals surface area contributed by atoms with Crippen LogP contribution in [0.1, 0.15) is 5.56 Å². The van der Waals surface area contributed by atoms with E-state index in [1.807, 2.05) is 24.3 Å². The number of fused-ring (bicyclic) bond motifs is 1. The molecule has 0 bridgehead atoms. The number of nitrogens with zero attached hydrogens (tertiary/aromatic N) is 4. The van der Waals surface area contributed by atoms with Gasteiger partial charge in [-0.1, -0.05) is 51.5 Å². The third-order valence-electron chi connectivity index (χ3n) is 3.68. The number of hydrogen-bond acceptors (Lipinski definition) is 6. The number of nitro benzene ring substituents is 1. The summed E-state index contributed by atoms with van der Waals surface area (Å²) in [7, 11) is 0. The van der Waals surface area contributed by atoms with Crippen molar-refractivity contribution < 1.29 is 4.92 Å². The van der Waals surface area contributed by atoms with Crippen LogP contribution in [0.15, 0.2) is 57.8 Å². The zero-order valence-electron chi connectivity index (χ0n) is 13.0. The minimum atomic E-state index is -0.470. The van der Waals surface area contributed by atoms with E-state index in [1.54, 1.807) is 18.2 Å². The summed E-state index contributed by atoms with van der Waals surface area (Å²) in [6, 6.07) is 13.6. The average Bonchev–Trinajstić information content (AvgIpc) is 3.16. The van der Waals surface area contributed by atoms with Gasteiger partial charge in [-0.25, -0.2) is 0 Å². The van der Waals surface area contributed by atoms with Gasteiger partial charge in [-0.3, -0.25) is 14.9 Å². The van der Waals surface area contributed by atoms with E-state index < -0.39 is 4.92 Å². The Balaban J connectivity index is 1.82. The summed E-state index contributed by atoms with van der Waals surface area (Å²) < 4.78 is 2.51. The predicted molar refractivity (Wildman–Crippen MR) is 102 cm³/mol. The van der Waals surface area contributed by atoms with Crippen LogP contribution in [-0.4, -0.2) is 19.5 Å². The number of rotatable bonds is 3. The first-order valence-corrected chi connectivity index (χ1v) is 9.04. The summed E-state index contributed by atoms with van der Waals surface area (Å²) in [4.78, 5) is 27.9. The number of halogens is 1. The summed E-state index contributed by atoms with van der Waals surface area (Å²) in [6.45, 7) is 0. The molecule has 128 valence electrons. The van der Waals surface area contributed by atoms with E-state index in [4.69, 9.17) is 0 Å². The molecule has 7 nitrogen and oxygen atoms in total. The Bertz CT molecular complexity index is 1260. The molecule has 2 aromatic carbocycles. The fraction of sp³-hybridized carbons (Fsp3) is 0. The Morgan fingerprint density at radius 2 is 2.00 bits per heavy atom. The highest BCUT2D eigenvalue weighted by atomic mass is 79.9. The van der Waals surface area contributed by atoms with Gasteiger partial charge in [-0.2, -0.15) is 9.50 Å². The van der Waals surface area contributed by atoms with Gasteiger partial charge in [0.25, 0.3) is 11.2 Å². The van der Waals surface area contributed by atoms with Crippen LogP contribution in [0.5, 0.6) is 0 Å². The molecule has 0 saturated heterocycles. The van der Waals surface area contributed by atoms with Crippen molar-refractivity contribution in [3.8, 4) is 11.4 Å². The minimum absolute atomic E-state index is 0.0260. The lowest BCUT2D eigenvalue weighted by Gasteiger charge is -1.97. The van der Waals surface area contributed by atoms with Gasteiger partial charge in [-0.15, -0.1) is 5.10 Å². The number of hydrogen-bond donors (Lipinski definition) is 0. The summed E-state index contributed by atoms with van der Waals surface area (Å²) in [6.07, 6.45) is 1.61. The predicted octanol–water partition coefficient (Wildman–Crippen LogP) is 3.04. The maximum absolute atomic E-state index is 12.6. The lowest BCUT2D eigenvalue weighted by Crippen LogP contribution is -2.23. The van der Waals surface area contributed by atoms with E-state index in [0.717, 1.165) is 10.0 Å². The third kappa shape index (κ3) is 2.91. The van der Waals surface area contributed by atoms with Gasteiger partial charge in [0.05, 0.1) is 9.46 Å². The van der Waals surface area contributed by atoms with E-state index in [-0.39, 0.29) is 11.2 Å². The van der Waals surface area contributed by atoms with E-state index in [0.29, 0.717) is 20.9 Å².